The highest BCUT2D eigenvalue weighted by Gasteiger charge is 2.20. The molecule has 3 aromatic rings. The van der Waals surface area contributed by atoms with E-state index in [-0.39, 0.29) is 5.69 Å². The van der Waals surface area contributed by atoms with Gasteiger partial charge in [0.15, 0.2) is 11.9 Å². The molecule has 0 radical (unpaired) electrons. The number of benzene rings is 2. The van der Waals surface area contributed by atoms with Gasteiger partial charge in [0.25, 0.3) is 5.91 Å². The maximum Gasteiger partial charge on any atom is 0.265 e. The largest absolute Gasteiger partial charge is 0.481 e. The van der Waals surface area contributed by atoms with Crippen LogP contribution in [0.4, 0.5) is 10.1 Å². The minimum Gasteiger partial charge on any atom is -0.481 e. The normalized spacial score (nSPS) is 14.5. The lowest BCUT2D eigenvalue weighted by molar-refractivity contribution is -0.122. The minimum atomic E-state index is -0.827. The average Bonchev–Trinajstić information content (AvgIpc) is 2.99. The third-order valence-corrected chi connectivity index (χ3v) is 5.64. The number of aromatic nitrogens is 3. The van der Waals surface area contributed by atoms with Crippen LogP contribution in [0, 0.1) is 12.7 Å². The molecule has 1 amide bonds. The lowest BCUT2D eigenvalue weighted by atomic mass is 10.1. The maximum atomic E-state index is 14.5. The van der Waals surface area contributed by atoms with Gasteiger partial charge in [0.2, 0.25) is 0 Å². The minimum absolute atomic E-state index is 0.0803. The standard InChI is InChI=1S/C23H24ClFN4O2/c1-14-12-17(24)8-10-20(14)31-15(2)23(30)26-19-13-16(7-9-18(19)25)22-28-27-21-6-4-3-5-11-29(21)22/h7-10,12-13,15H,3-6,11H2,1-2H3,(H,26,30). The van der Waals surface area contributed by atoms with E-state index in [2.05, 4.69) is 20.1 Å². The molecule has 4 rings (SSSR count). The Balaban J connectivity index is 1.52. The van der Waals surface area contributed by atoms with Gasteiger partial charge < -0.3 is 14.6 Å². The predicted octanol–water partition coefficient (Wildman–Crippen LogP) is 5.18. The fourth-order valence-electron chi connectivity index (χ4n) is 3.68. The quantitative estimate of drug-likeness (QED) is 0.591. The first-order valence-electron chi connectivity index (χ1n) is 10.4. The summed E-state index contributed by atoms with van der Waals surface area (Å²) in [5, 5.41) is 11.8. The van der Waals surface area contributed by atoms with Crippen LogP contribution in [0.3, 0.4) is 0 Å². The SMILES string of the molecule is Cc1cc(Cl)ccc1OC(C)C(=O)Nc1cc(-c2nnc3n2CCCCC3)ccc1F. The molecule has 1 aromatic heterocycles. The van der Waals surface area contributed by atoms with Gasteiger partial charge in [0.05, 0.1) is 5.69 Å². The molecule has 6 nitrogen and oxygen atoms in total. The van der Waals surface area contributed by atoms with E-state index in [4.69, 9.17) is 16.3 Å². The van der Waals surface area contributed by atoms with Gasteiger partial charge in [0, 0.05) is 23.6 Å². The van der Waals surface area contributed by atoms with Crippen molar-refractivity contribution in [3.63, 3.8) is 0 Å². The second-order valence-electron chi connectivity index (χ2n) is 7.76. The molecule has 0 saturated carbocycles. The first-order valence-corrected chi connectivity index (χ1v) is 10.8. The van der Waals surface area contributed by atoms with Crippen molar-refractivity contribution in [2.75, 3.05) is 5.32 Å². The molecule has 1 aliphatic heterocycles. The molecular weight excluding hydrogens is 419 g/mol. The van der Waals surface area contributed by atoms with E-state index >= 15 is 0 Å². The molecule has 0 aliphatic carbocycles. The third-order valence-electron chi connectivity index (χ3n) is 5.40. The van der Waals surface area contributed by atoms with Crippen molar-refractivity contribution in [2.45, 2.75) is 52.2 Å². The first-order chi connectivity index (χ1) is 14.9. The fraction of sp³-hybridized carbons (Fsp3) is 0.348. The molecule has 2 heterocycles. The van der Waals surface area contributed by atoms with Crippen molar-refractivity contribution in [3.8, 4) is 17.1 Å². The Bertz CT molecular complexity index is 1110. The van der Waals surface area contributed by atoms with Gasteiger partial charge in [-0.1, -0.05) is 18.0 Å². The Kier molecular flexibility index (Phi) is 6.23. The number of rotatable bonds is 5. The lowest BCUT2D eigenvalue weighted by Crippen LogP contribution is -2.30. The molecular formula is C23H24ClFN4O2. The van der Waals surface area contributed by atoms with Crippen LogP contribution >= 0.6 is 11.6 Å². The highest BCUT2D eigenvalue weighted by molar-refractivity contribution is 6.30. The highest BCUT2D eigenvalue weighted by atomic mass is 35.5. The Morgan fingerprint density at radius 2 is 2.03 bits per heavy atom. The molecule has 31 heavy (non-hydrogen) atoms. The number of aryl methyl sites for hydroxylation is 2. The van der Waals surface area contributed by atoms with Crippen LogP contribution in [0.5, 0.6) is 5.75 Å². The summed E-state index contributed by atoms with van der Waals surface area (Å²) in [5.74, 6) is 1.21. The van der Waals surface area contributed by atoms with E-state index in [1.165, 1.54) is 6.07 Å². The van der Waals surface area contributed by atoms with Crippen molar-refractivity contribution in [1.82, 2.24) is 14.8 Å². The zero-order chi connectivity index (χ0) is 22.0. The zero-order valence-electron chi connectivity index (χ0n) is 17.5. The molecule has 1 unspecified atom stereocenters. The molecule has 1 atom stereocenters. The van der Waals surface area contributed by atoms with E-state index in [1.54, 1.807) is 37.3 Å². The van der Waals surface area contributed by atoms with Crippen LogP contribution in [0.1, 0.15) is 37.6 Å². The number of nitrogens with one attached hydrogen (secondary N) is 1. The Morgan fingerprint density at radius 1 is 1.19 bits per heavy atom. The fourth-order valence-corrected chi connectivity index (χ4v) is 3.91. The molecule has 2 aromatic carbocycles. The monoisotopic (exact) mass is 442 g/mol. The van der Waals surface area contributed by atoms with Crippen LogP contribution < -0.4 is 10.1 Å². The van der Waals surface area contributed by atoms with E-state index in [1.807, 2.05) is 6.92 Å². The summed E-state index contributed by atoms with van der Waals surface area (Å²) in [5.41, 5.74) is 1.60. The number of fused-ring (bicyclic) bond motifs is 1. The molecule has 162 valence electrons. The second-order valence-corrected chi connectivity index (χ2v) is 8.19. The van der Waals surface area contributed by atoms with Gasteiger partial charge in [-0.05, 0) is 68.7 Å². The number of hydrogen-bond donors (Lipinski definition) is 1. The van der Waals surface area contributed by atoms with Gasteiger partial charge >= 0.3 is 0 Å². The van der Waals surface area contributed by atoms with Crippen LogP contribution in [0.15, 0.2) is 36.4 Å². The first kappa shape index (κ1) is 21.3. The lowest BCUT2D eigenvalue weighted by Gasteiger charge is -2.17. The molecule has 0 bridgehead atoms. The maximum absolute atomic E-state index is 14.5. The van der Waals surface area contributed by atoms with Crippen LogP contribution in [0.25, 0.3) is 11.4 Å². The smallest absolute Gasteiger partial charge is 0.265 e. The highest BCUT2D eigenvalue weighted by Crippen LogP contribution is 2.27. The van der Waals surface area contributed by atoms with Crippen LogP contribution in [0.2, 0.25) is 5.02 Å². The van der Waals surface area contributed by atoms with Gasteiger partial charge in [-0.25, -0.2) is 4.39 Å². The van der Waals surface area contributed by atoms with Crippen molar-refractivity contribution in [3.05, 3.63) is 58.6 Å². The number of amides is 1. The van der Waals surface area contributed by atoms with E-state index in [0.717, 1.165) is 43.6 Å². The summed E-state index contributed by atoms with van der Waals surface area (Å²) in [6.07, 6.45) is 3.36. The van der Waals surface area contributed by atoms with Crippen molar-refractivity contribution in [1.29, 1.82) is 0 Å². The number of hydrogen-bond acceptors (Lipinski definition) is 4. The van der Waals surface area contributed by atoms with Gasteiger partial charge in [0.1, 0.15) is 17.4 Å². The number of ether oxygens (including phenoxy) is 1. The Morgan fingerprint density at radius 3 is 2.84 bits per heavy atom. The van der Waals surface area contributed by atoms with Crippen LogP contribution in [-0.4, -0.2) is 26.8 Å². The number of nitrogens with zero attached hydrogens (tertiary/aromatic N) is 3. The summed E-state index contributed by atoms with van der Waals surface area (Å²) in [6, 6.07) is 9.74. The number of carbonyl (C=O) groups excluding carboxylic acids is 1. The zero-order valence-corrected chi connectivity index (χ0v) is 18.2. The second kappa shape index (κ2) is 9.06. The van der Waals surface area contributed by atoms with Crippen molar-refractivity contribution >= 4 is 23.2 Å². The summed E-state index contributed by atoms with van der Waals surface area (Å²) in [7, 11) is 0. The molecule has 1 N–H and O–H groups in total. The summed E-state index contributed by atoms with van der Waals surface area (Å²) >= 11 is 5.96. The van der Waals surface area contributed by atoms with Gasteiger partial charge in [-0.2, -0.15) is 0 Å². The molecule has 0 fully saturated rings. The number of halogens is 2. The summed E-state index contributed by atoms with van der Waals surface area (Å²) in [4.78, 5) is 12.7. The number of carbonyl (C=O) groups is 1. The molecule has 0 saturated heterocycles. The van der Waals surface area contributed by atoms with Crippen molar-refractivity contribution in [2.24, 2.45) is 0 Å². The predicted molar refractivity (Wildman–Crippen MR) is 118 cm³/mol. The van der Waals surface area contributed by atoms with Gasteiger partial charge in [-0.15, -0.1) is 10.2 Å². The van der Waals surface area contributed by atoms with Crippen molar-refractivity contribution < 1.29 is 13.9 Å². The Hall–Kier alpha value is -2.93. The molecule has 1 aliphatic rings. The average molecular weight is 443 g/mol. The Labute approximate surface area is 185 Å². The van der Waals surface area contributed by atoms with E-state index in [0.29, 0.717) is 22.2 Å². The molecule has 8 heteroatoms. The summed E-state index contributed by atoms with van der Waals surface area (Å²) < 4.78 is 22.3. The topological polar surface area (TPSA) is 69.0 Å². The number of anilines is 1. The third kappa shape index (κ3) is 4.71. The molecule has 0 spiro atoms. The van der Waals surface area contributed by atoms with E-state index in [9.17, 15) is 9.18 Å². The van der Waals surface area contributed by atoms with Crippen LogP contribution in [-0.2, 0) is 17.8 Å². The van der Waals surface area contributed by atoms with Gasteiger partial charge in [-0.3, -0.25) is 4.79 Å². The van der Waals surface area contributed by atoms with E-state index < -0.39 is 17.8 Å². The summed E-state index contributed by atoms with van der Waals surface area (Å²) in [6.45, 7) is 4.29.